The van der Waals surface area contributed by atoms with Gasteiger partial charge in [-0.05, 0) is 30.7 Å². The second-order valence-corrected chi connectivity index (χ2v) is 4.92. The van der Waals surface area contributed by atoms with Crippen LogP contribution in [0.25, 0.3) is 0 Å². The molecule has 3 nitrogen and oxygen atoms in total. The lowest BCUT2D eigenvalue weighted by Crippen LogP contribution is -2.41. The van der Waals surface area contributed by atoms with Crippen LogP contribution in [0.15, 0.2) is 18.2 Å². The van der Waals surface area contributed by atoms with Gasteiger partial charge in [-0.1, -0.05) is 32.4 Å². The normalized spacial score (nSPS) is 12.6. The molecule has 0 aliphatic heterocycles. The van der Waals surface area contributed by atoms with Gasteiger partial charge in [0.2, 0.25) is 0 Å². The van der Waals surface area contributed by atoms with Crippen molar-refractivity contribution in [3.05, 3.63) is 28.8 Å². The molecule has 1 N–H and O–H groups in total. The van der Waals surface area contributed by atoms with E-state index in [1.54, 1.807) is 25.3 Å². The van der Waals surface area contributed by atoms with E-state index in [0.717, 1.165) is 6.54 Å². The molecule has 1 unspecified atom stereocenters. The maximum atomic E-state index is 12.5. The van der Waals surface area contributed by atoms with E-state index >= 15 is 0 Å². The summed E-state index contributed by atoms with van der Waals surface area (Å²) < 4.78 is 5.22. The fraction of sp³-hybridized carbons (Fsp3) is 0.500. The minimum absolute atomic E-state index is 0.0196. The molecule has 0 bridgehead atoms. The molecule has 18 heavy (non-hydrogen) atoms. The molecule has 0 spiro atoms. The van der Waals surface area contributed by atoms with E-state index in [9.17, 15) is 4.79 Å². The van der Waals surface area contributed by atoms with Crippen LogP contribution in [-0.2, 0) is 0 Å². The zero-order valence-electron chi connectivity index (χ0n) is 11.3. The highest BCUT2D eigenvalue weighted by atomic mass is 35.5. The predicted octanol–water partition coefficient (Wildman–Crippen LogP) is 3.17. The molecule has 0 heterocycles. The maximum Gasteiger partial charge on any atom is 0.183 e. The van der Waals surface area contributed by atoms with E-state index in [4.69, 9.17) is 16.3 Å². The van der Waals surface area contributed by atoms with Crippen LogP contribution in [0.5, 0.6) is 5.75 Å². The number of hydrogen-bond donors (Lipinski definition) is 1. The first kappa shape index (κ1) is 15.0. The zero-order chi connectivity index (χ0) is 13.7. The molecule has 1 aromatic rings. The third kappa shape index (κ3) is 3.47. The van der Waals surface area contributed by atoms with Crippen molar-refractivity contribution in [2.45, 2.75) is 26.8 Å². The van der Waals surface area contributed by atoms with Gasteiger partial charge in [-0.2, -0.15) is 0 Å². The highest BCUT2D eigenvalue weighted by molar-refractivity contribution is 6.31. The molecular weight excluding hydrogens is 250 g/mol. The Morgan fingerprint density at radius 1 is 1.44 bits per heavy atom. The lowest BCUT2D eigenvalue weighted by atomic mass is 9.94. The molecule has 0 fully saturated rings. The van der Waals surface area contributed by atoms with Gasteiger partial charge in [-0.3, -0.25) is 4.79 Å². The molecule has 0 aliphatic carbocycles. The molecule has 1 rings (SSSR count). The first-order valence-corrected chi connectivity index (χ1v) is 6.50. The summed E-state index contributed by atoms with van der Waals surface area (Å²) in [6.07, 6.45) is 0. The number of hydrogen-bond acceptors (Lipinski definition) is 3. The average Bonchev–Trinajstić information content (AvgIpc) is 2.34. The van der Waals surface area contributed by atoms with Gasteiger partial charge in [0.1, 0.15) is 5.75 Å². The number of carbonyl (C=O) groups excluding carboxylic acids is 1. The predicted molar refractivity (Wildman–Crippen MR) is 74.6 cm³/mol. The Bertz CT molecular complexity index is 418. The van der Waals surface area contributed by atoms with Crippen molar-refractivity contribution in [3.8, 4) is 5.75 Å². The van der Waals surface area contributed by atoms with Crippen molar-refractivity contribution in [3.63, 3.8) is 0 Å². The Labute approximate surface area is 113 Å². The van der Waals surface area contributed by atoms with Crippen LogP contribution in [-0.4, -0.2) is 25.5 Å². The van der Waals surface area contributed by atoms with Gasteiger partial charge in [-0.15, -0.1) is 0 Å². The maximum absolute atomic E-state index is 12.5. The standard InChI is InChI=1S/C14H20ClNO2/c1-5-16-13(9(2)3)14(17)11-8-10(15)6-7-12(11)18-4/h6-9,13,16H,5H2,1-4H3. The number of rotatable bonds is 6. The van der Waals surface area contributed by atoms with Crippen LogP contribution in [0.2, 0.25) is 5.02 Å². The summed E-state index contributed by atoms with van der Waals surface area (Å²) in [4.78, 5) is 12.5. The highest BCUT2D eigenvalue weighted by Crippen LogP contribution is 2.25. The molecule has 0 saturated carbocycles. The van der Waals surface area contributed by atoms with Crippen LogP contribution in [0.1, 0.15) is 31.1 Å². The van der Waals surface area contributed by atoms with Gasteiger partial charge in [-0.25, -0.2) is 0 Å². The fourth-order valence-electron chi connectivity index (χ4n) is 1.89. The quantitative estimate of drug-likeness (QED) is 0.806. The van der Waals surface area contributed by atoms with Crippen molar-refractivity contribution >= 4 is 17.4 Å². The number of nitrogens with one attached hydrogen (secondary N) is 1. The molecule has 0 radical (unpaired) electrons. The number of likely N-dealkylation sites (N-methyl/N-ethyl adjacent to an activating group) is 1. The fourth-order valence-corrected chi connectivity index (χ4v) is 2.06. The monoisotopic (exact) mass is 269 g/mol. The third-order valence-corrected chi connectivity index (χ3v) is 3.04. The molecule has 0 saturated heterocycles. The van der Waals surface area contributed by atoms with Crippen molar-refractivity contribution in [2.75, 3.05) is 13.7 Å². The van der Waals surface area contributed by atoms with Crippen molar-refractivity contribution in [1.29, 1.82) is 0 Å². The minimum atomic E-state index is -0.220. The van der Waals surface area contributed by atoms with Gasteiger partial charge in [0, 0.05) is 5.02 Å². The molecule has 0 aromatic heterocycles. The minimum Gasteiger partial charge on any atom is -0.496 e. The summed E-state index contributed by atoms with van der Waals surface area (Å²) in [6.45, 7) is 6.76. The molecular formula is C14H20ClNO2. The summed E-state index contributed by atoms with van der Waals surface area (Å²) in [5, 5.41) is 3.74. The van der Waals surface area contributed by atoms with Crippen LogP contribution < -0.4 is 10.1 Å². The van der Waals surface area contributed by atoms with Crippen LogP contribution in [0.3, 0.4) is 0 Å². The molecule has 4 heteroatoms. The van der Waals surface area contributed by atoms with Gasteiger partial charge in [0.05, 0.1) is 18.7 Å². The Morgan fingerprint density at radius 3 is 2.61 bits per heavy atom. The lowest BCUT2D eigenvalue weighted by Gasteiger charge is -2.21. The number of benzene rings is 1. The van der Waals surface area contributed by atoms with E-state index in [-0.39, 0.29) is 17.7 Å². The molecule has 100 valence electrons. The Balaban J connectivity index is 3.11. The Morgan fingerprint density at radius 2 is 2.11 bits per heavy atom. The van der Waals surface area contributed by atoms with E-state index in [1.165, 1.54) is 0 Å². The van der Waals surface area contributed by atoms with Gasteiger partial charge >= 0.3 is 0 Å². The first-order valence-electron chi connectivity index (χ1n) is 6.12. The lowest BCUT2D eigenvalue weighted by molar-refractivity contribution is 0.0915. The van der Waals surface area contributed by atoms with Crippen molar-refractivity contribution in [1.82, 2.24) is 5.32 Å². The molecule has 1 aromatic carbocycles. The first-order chi connectivity index (χ1) is 8.51. The second-order valence-electron chi connectivity index (χ2n) is 4.49. The topological polar surface area (TPSA) is 38.3 Å². The number of ether oxygens (including phenoxy) is 1. The number of ketones is 1. The van der Waals surface area contributed by atoms with Gasteiger partial charge < -0.3 is 10.1 Å². The second kappa shape index (κ2) is 6.76. The Hall–Kier alpha value is -1.06. The molecule has 0 amide bonds. The number of Topliss-reactive ketones (excluding diaryl/α,β-unsaturated/α-hetero) is 1. The largest absolute Gasteiger partial charge is 0.496 e. The summed E-state index contributed by atoms with van der Waals surface area (Å²) in [5.74, 6) is 0.792. The summed E-state index contributed by atoms with van der Waals surface area (Å²) in [6, 6.07) is 4.88. The molecule has 0 aliphatic rings. The smallest absolute Gasteiger partial charge is 0.183 e. The number of halogens is 1. The highest BCUT2D eigenvalue weighted by Gasteiger charge is 2.25. The number of carbonyl (C=O) groups is 1. The van der Waals surface area contributed by atoms with Gasteiger partial charge in [0.25, 0.3) is 0 Å². The van der Waals surface area contributed by atoms with Gasteiger partial charge in [0.15, 0.2) is 5.78 Å². The van der Waals surface area contributed by atoms with Crippen LogP contribution in [0, 0.1) is 5.92 Å². The number of methoxy groups -OCH3 is 1. The SMILES string of the molecule is CCNC(C(=O)c1cc(Cl)ccc1OC)C(C)C. The van der Waals surface area contributed by atoms with Crippen molar-refractivity contribution < 1.29 is 9.53 Å². The van der Waals surface area contributed by atoms with E-state index < -0.39 is 0 Å². The van der Waals surface area contributed by atoms with Crippen molar-refractivity contribution in [2.24, 2.45) is 5.92 Å². The van der Waals surface area contributed by atoms with E-state index in [2.05, 4.69) is 5.32 Å². The third-order valence-electron chi connectivity index (χ3n) is 2.80. The summed E-state index contributed by atoms with van der Waals surface area (Å²) in [5.41, 5.74) is 0.532. The Kier molecular flexibility index (Phi) is 5.63. The summed E-state index contributed by atoms with van der Waals surface area (Å²) in [7, 11) is 1.55. The average molecular weight is 270 g/mol. The van der Waals surface area contributed by atoms with E-state index in [1.807, 2.05) is 20.8 Å². The van der Waals surface area contributed by atoms with E-state index in [0.29, 0.717) is 16.3 Å². The summed E-state index contributed by atoms with van der Waals surface area (Å²) >= 11 is 5.95. The zero-order valence-corrected chi connectivity index (χ0v) is 12.0. The van der Waals surface area contributed by atoms with Crippen LogP contribution >= 0.6 is 11.6 Å². The molecule has 1 atom stereocenters. The van der Waals surface area contributed by atoms with Crippen LogP contribution in [0.4, 0.5) is 0 Å².